The van der Waals surface area contributed by atoms with Crippen LogP contribution in [0.1, 0.15) is 51.5 Å². The first-order valence-electron chi connectivity index (χ1n) is 11.1. The molecular formula is C22H33N5O4. The van der Waals surface area contributed by atoms with Gasteiger partial charge in [-0.25, -0.2) is 15.2 Å². The van der Waals surface area contributed by atoms with Gasteiger partial charge in [0.15, 0.2) is 0 Å². The minimum atomic E-state index is -0.183. The van der Waals surface area contributed by atoms with E-state index in [4.69, 9.17) is 9.47 Å². The number of aromatic nitrogens is 1. The van der Waals surface area contributed by atoms with Crippen molar-refractivity contribution in [3.8, 4) is 5.88 Å². The molecule has 31 heavy (non-hydrogen) atoms. The van der Waals surface area contributed by atoms with Crippen LogP contribution in [0.4, 0.5) is 4.79 Å². The van der Waals surface area contributed by atoms with Gasteiger partial charge in [0.1, 0.15) is 6.10 Å². The molecule has 9 nitrogen and oxygen atoms in total. The monoisotopic (exact) mass is 431 g/mol. The maximum atomic E-state index is 12.4. The number of hydrogen-bond donors (Lipinski definition) is 3. The third-order valence-corrected chi connectivity index (χ3v) is 6.80. The Morgan fingerprint density at radius 3 is 2.74 bits per heavy atom. The highest BCUT2D eigenvalue weighted by Crippen LogP contribution is 2.35. The van der Waals surface area contributed by atoms with Gasteiger partial charge >= 0.3 is 6.09 Å². The number of carbonyl (C=O) groups excluding carboxylic acids is 2. The lowest BCUT2D eigenvalue weighted by Crippen LogP contribution is -2.58. The van der Waals surface area contributed by atoms with Crippen LogP contribution in [0.5, 0.6) is 5.88 Å². The van der Waals surface area contributed by atoms with Crippen molar-refractivity contribution in [2.75, 3.05) is 13.7 Å². The van der Waals surface area contributed by atoms with E-state index in [2.05, 4.69) is 35.0 Å². The van der Waals surface area contributed by atoms with Gasteiger partial charge in [-0.15, -0.1) is 0 Å². The Balaban J connectivity index is 1.19. The molecule has 3 heterocycles. The highest BCUT2D eigenvalue weighted by Gasteiger charge is 2.43. The van der Waals surface area contributed by atoms with Crippen molar-refractivity contribution in [3.05, 3.63) is 23.9 Å². The standard InChI is InChI=1S/C22H33N5O4/c1-22(2)8-9-27(22)21(29)31-16-6-5-15(11-16)17-12-18(26-25-17)24-19(28)10-14-4-7-20(30-3)23-13-14/h4,7,13,15-18,25-26H,5-6,8-12H2,1-3H3,(H,24,28)/t15-,16+,17?,18?/m1/s1. The predicted molar refractivity (Wildman–Crippen MR) is 114 cm³/mol. The second kappa shape index (κ2) is 9.00. The lowest BCUT2D eigenvalue weighted by atomic mass is 9.90. The number of ether oxygens (including phenoxy) is 2. The van der Waals surface area contributed by atoms with E-state index in [1.165, 1.54) is 0 Å². The second-order valence-electron chi connectivity index (χ2n) is 9.43. The molecule has 0 bridgehead atoms. The summed E-state index contributed by atoms with van der Waals surface area (Å²) in [5.74, 6) is 0.896. The van der Waals surface area contributed by atoms with E-state index < -0.39 is 0 Å². The molecule has 9 heteroatoms. The fraction of sp³-hybridized carbons (Fsp3) is 0.682. The van der Waals surface area contributed by atoms with Gasteiger partial charge in [-0.2, -0.15) is 0 Å². The van der Waals surface area contributed by atoms with Crippen LogP contribution in [0.15, 0.2) is 18.3 Å². The minimum absolute atomic E-state index is 0.0214. The smallest absolute Gasteiger partial charge is 0.410 e. The quantitative estimate of drug-likeness (QED) is 0.630. The highest BCUT2D eigenvalue weighted by molar-refractivity contribution is 5.78. The molecule has 1 aromatic heterocycles. The van der Waals surface area contributed by atoms with E-state index in [1.807, 2.05) is 11.0 Å². The zero-order chi connectivity index (χ0) is 22.0. The van der Waals surface area contributed by atoms with Gasteiger partial charge < -0.3 is 19.7 Å². The van der Waals surface area contributed by atoms with Crippen molar-refractivity contribution in [3.63, 3.8) is 0 Å². The molecule has 3 N–H and O–H groups in total. The summed E-state index contributed by atoms with van der Waals surface area (Å²) in [5.41, 5.74) is 7.26. The van der Waals surface area contributed by atoms with Gasteiger partial charge in [-0.05, 0) is 57.4 Å². The van der Waals surface area contributed by atoms with Gasteiger partial charge in [0.25, 0.3) is 0 Å². The summed E-state index contributed by atoms with van der Waals surface area (Å²) in [6.45, 7) is 4.93. The molecule has 1 aliphatic carbocycles. The molecule has 0 radical (unpaired) electrons. The Hall–Kier alpha value is -2.39. The molecule has 0 spiro atoms. The zero-order valence-electron chi connectivity index (χ0n) is 18.5. The number of likely N-dealkylation sites (tertiary alicyclic amines) is 1. The van der Waals surface area contributed by atoms with Crippen LogP contribution in [0.3, 0.4) is 0 Å². The Morgan fingerprint density at radius 1 is 1.26 bits per heavy atom. The third kappa shape index (κ3) is 5.10. The van der Waals surface area contributed by atoms with Crippen LogP contribution in [-0.2, 0) is 16.0 Å². The van der Waals surface area contributed by atoms with Crippen LogP contribution in [0, 0.1) is 5.92 Å². The van der Waals surface area contributed by atoms with Crippen LogP contribution < -0.4 is 20.9 Å². The molecule has 4 rings (SSSR count). The maximum Gasteiger partial charge on any atom is 0.410 e. The fourth-order valence-electron chi connectivity index (χ4n) is 4.71. The molecule has 1 aromatic rings. The average molecular weight is 432 g/mol. The lowest BCUT2D eigenvalue weighted by Gasteiger charge is -2.47. The first-order valence-corrected chi connectivity index (χ1v) is 11.1. The lowest BCUT2D eigenvalue weighted by molar-refractivity contribution is -0.121. The number of nitrogens with one attached hydrogen (secondary N) is 3. The first-order chi connectivity index (χ1) is 14.8. The number of pyridine rings is 1. The zero-order valence-corrected chi connectivity index (χ0v) is 18.5. The average Bonchev–Trinajstić information content (AvgIpc) is 3.37. The number of hydrazine groups is 1. The van der Waals surface area contributed by atoms with Crippen molar-refractivity contribution >= 4 is 12.0 Å². The van der Waals surface area contributed by atoms with Gasteiger partial charge in [-0.3, -0.25) is 10.2 Å². The number of carbonyl (C=O) groups is 2. The number of hydrogen-bond acceptors (Lipinski definition) is 7. The minimum Gasteiger partial charge on any atom is -0.481 e. The topological polar surface area (TPSA) is 105 Å². The molecular weight excluding hydrogens is 398 g/mol. The summed E-state index contributed by atoms with van der Waals surface area (Å²) < 4.78 is 10.8. The van der Waals surface area contributed by atoms with Crippen LogP contribution >= 0.6 is 0 Å². The summed E-state index contributed by atoms with van der Waals surface area (Å²) >= 11 is 0. The van der Waals surface area contributed by atoms with Crippen LogP contribution in [-0.4, -0.2) is 59.4 Å². The molecule has 1 saturated carbocycles. The summed E-state index contributed by atoms with van der Waals surface area (Å²) in [6, 6.07) is 3.84. The van der Waals surface area contributed by atoms with Crippen LogP contribution in [0.2, 0.25) is 0 Å². The van der Waals surface area contributed by atoms with E-state index in [-0.39, 0.29) is 42.3 Å². The van der Waals surface area contributed by atoms with E-state index in [0.717, 1.165) is 44.2 Å². The Labute approximate surface area is 183 Å². The molecule has 4 atom stereocenters. The number of methoxy groups -OCH3 is 1. The Kier molecular flexibility index (Phi) is 6.34. The van der Waals surface area contributed by atoms with Crippen molar-refractivity contribution in [2.45, 2.75) is 76.2 Å². The van der Waals surface area contributed by atoms with Gasteiger partial charge in [0, 0.05) is 30.4 Å². The highest BCUT2D eigenvalue weighted by atomic mass is 16.6. The first kappa shape index (κ1) is 21.8. The SMILES string of the molecule is COc1ccc(CC(=O)NC2CC([C@@H]3CC[C@H](OC(=O)N4CCC4(C)C)C3)NN2)cn1. The van der Waals surface area contributed by atoms with E-state index in [1.54, 1.807) is 19.4 Å². The van der Waals surface area contributed by atoms with Crippen molar-refractivity contribution in [2.24, 2.45) is 5.92 Å². The summed E-state index contributed by atoms with van der Waals surface area (Å²) in [4.78, 5) is 30.7. The molecule has 2 unspecified atom stereocenters. The number of amides is 2. The maximum absolute atomic E-state index is 12.4. The Morgan fingerprint density at radius 2 is 2.10 bits per heavy atom. The molecule has 0 aromatic carbocycles. The summed E-state index contributed by atoms with van der Waals surface area (Å²) in [6.07, 6.45) is 6.20. The summed E-state index contributed by atoms with van der Waals surface area (Å²) in [7, 11) is 1.56. The predicted octanol–water partition coefficient (Wildman–Crippen LogP) is 1.73. The van der Waals surface area contributed by atoms with Crippen molar-refractivity contribution in [1.29, 1.82) is 0 Å². The van der Waals surface area contributed by atoms with Gasteiger partial charge in [0.2, 0.25) is 11.8 Å². The molecule has 2 amide bonds. The van der Waals surface area contributed by atoms with E-state index in [9.17, 15) is 9.59 Å². The van der Waals surface area contributed by atoms with Crippen LogP contribution in [0.25, 0.3) is 0 Å². The van der Waals surface area contributed by atoms with E-state index in [0.29, 0.717) is 11.8 Å². The fourth-order valence-corrected chi connectivity index (χ4v) is 4.71. The van der Waals surface area contributed by atoms with E-state index >= 15 is 0 Å². The number of rotatable bonds is 6. The number of nitrogens with zero attached hydrogens (tertiary/aromatic N) is 2. The van der Waals surface area contributed by atoms with Gasteiger partial charge in [0.05, 0.1) is 19.7 Å². The molecule has 3 fully saturated rings. The molecule has 2 saturated heterocycles. The van der Waals surface area contributed by atoms with Gasteiger partial charge in [-0.1, -0.05) is 6.07 Å². The molecule has 3 aliphatic rings. The molecule has 2 aliphatic heterocycles. The second-order valence-corrected chi connectivity index (χ2v) is 9.43. The summed E-state index contributed by atoms with van der Waals surface area (Å²) in [5, 5.41) is 3.03. The van der Waals surface area contributed by atoms with Crippen molar-refractivity contribution < 1.29 is 19.1 Å². The van der Waals surface area contributed by atoms with Crippen molar-refractivity contribution in [1.82, 2.24) is 26.1 Å². The largest absolute Gasteiger partial charge is 0.481 e. The molecule has 170 valence electrons. The normalized spacial score (nSPS) is 29.3. The Bertz CT molecular complexity index is 800. The third-order valence-electron chi connectivity index (χ3n) is 6.80.